The number of aromatic nitrogens is 1. The van der Waals surface area contributed by atoms with Crippen LogP contribution in [0.4, 0.5) is 0 Å². The van der Waals surface area contributed by atoms with E-state index in [1.807, 2.05) is 25.3 Å². The van der Waals surface area contributed by atoms with Gasteiger partial charge in [-0.05, 0) is 6.92 Å². The third kappa shape index (κ3) is 2.26. The van der Waals surface area contributed by atoms with Gasteiger partial charge in [-0.2, -0.15) is 0 Å². The highest BCUT2D eigenvalue weighted by Crippen LogP contribution is 2.43. The Balaban J connectivity index is 2.63. The normalized spacial score (nSPS) is 10.2. The van der Waals surface area contributed by atoms with E-state index in [1.165, 1.54) is 0 Å². The molecule has 5 heteroatoms. The van der Waals surface area contributed by atoms with Crippen molar-refractivity contribution < 1.29 is 14.2 Å². The standard InChI is InChI=1S/C13H15NO3S/c1-8-14-7-12(18-8)13-10(16-3)5-9(15-2)6-11(13)17-4/h5-7H,1-4H3. The monoisotopic (exact) mass is 265 g/mol. The number of benzene rings is 1. The summed E-state index contributed by atoms with van der Waals surface area (Å²) in [6.45, 7) is 1.97. The zero-order valence-corrected chi connectivity index (χ0v) is 11.6. The van der Waals surface area contributed by atoms with Gasteiger partial charge in [0.15, 0.2) is 0 Å². The molecular formula is C13H15NO3S. The molecule has 0 amide bonds. The molecule has 0 saturated heterocycles. The van der Waals surface area contributed by atoms with Gasteiger partial charge in [0.05, 0.1) is 36.8 Å². The molecule has 96 valence electrons. The third-order valence-corrected chi connectivity index (χ3v) is 3.51. The summed E-state index contributed by atoms with van der Waals surface area (Å²) in [6, 6.07) is 3.68. The lowest BCUT2D eigenvalue weighted by molar-refractivity contribution is 0.377. The molecule has 0 aliphatic heterocycles. The van der Waals surface area contributed by atoms with Crippen molar-refractivity contribution >= 4 is 11.3 Å². The number of nitrogens with zero attached hydrogens (tertiary/aromatic N) is 1. The van der Waals surface area contributed by atoms with Crippen molar-refractivity contribution in [2.75, 3.05) is 21.3 Å². The van der Waals surface area contributed by atoms with Crippen LogP contribution in [0.15, 0.2) is 18.3 Å². The summed E-state index contributed by atoms with van der Waals surface area (Å²) in [4.78, 5) is 5.28. The largest absolute Gasteiger partial charge is 0.496 e. The van der Waals surface area contributed by atoms with Crippen molar-refractivity contribution in [1.29, 1.82) is 0 Å². The first kappa shape index (κ1) is 12.7. The lowest BCUT2D eigenvalue weighted by Crippen LogP contribution is -1.94. The minimum atomic E-state index is 0.702. The van der Waals surface area contributed by atoms with Crippen LogP contribution in [0.1, 0.15) is 5.01 Å². The Labute approximate surface area is 110 Å². The molecule has 0 unspecified atom stereocenters. The van der Waals surface area contributed by atoms with Gasteiger partial charge >= 0.3 is 0 Å². The maximum atomic E-state index is 5.41. The quantitative estimate of drug-likeness (QED) is 0.851. The molecule has 0 atom stereocenters. The highest BCUT2D eigenvalue weighted by atomic mass is 32.1. The highest BCUT2D eigenvalue weighted by molar-refractivity contribution is 7.15. The van der Waals surface area contributed by atoms with Gasteiger partial charge in [0.2, 0.25) is 0 Å². The van der Waals surface area contributed by atoms with Crippen LogP contribution in [0.5, 0.6) is 17.2 Å². The topological polar surface area (TPSA) is 40.6 Å². The van der Waals surface area contributed by atoms with Gasteiger partial charge in [0.1, 0.15) is 17.2 Å². The fourth-order valence-corrected chi connectivity index (χ4v) is 2.56. The van der Waals surface area contributed by atoms with E-state index in [9.17, 15) is 0 Å². The molecule has 1 heterocycles. The van der Waals surface area contributed by atoms with Crippen LogP contribution in [0.25, 0.3) is 10.4 Å². The molecule has 2 aromatic rings. The predicted molar refractivity (Wildman–Crippen MR) is 71.9 cm³/mol. The number of methoxy groups -OCH3 is 3. The molecule has 0 radical (unpaired) electrons. The van der Waals surface area contributed by atoms with Crippen molar-refractivity contribution in [2.45, 2.75) is 6.92 Å². The van der Waals surface area contributed by atoms with Gasteiger partial charge in [-0.15, -0.1) is 11.3 Å². The Morgan fingerprint density at radius 1 is 1.00 bits per heavy atom. The first-order valence-corrected chi connectivity index (χ1v) is 6.24. The van der Waals surface area contributed by atoms with Gasteiger partial charge < -0.3 is 14.2 Å². The fraction of sp³-hybridized carbons (Fsp3) is 0.308. The predicted octanol–water partition coefficient (Wildman–Crippen LogP) is 3.14. The summed E-state index contributed by atoms with van der Waals surface area (Å²) in [6.07, 6.45) is 1.83. The summed E-state index contributed by atoms with van der Waals surface area (Å²) < 4.78 is 16.0. The maximum absolute atomic E-state index is 5.41. The Morgan fingerprint density at radius 3 is 2.00 bits per heavy atom. The lowest BCUT2D eigenvalue weighted by atomic mass is 10.1. The molecule has 4 nitrogen and oxygen atoms in total. The van der Waals surface area contributed by atoms with E-state index in [0.29, 0.717) is 5.75 Å². The minimum Gasteiger partial charge on any atom is -0.496 e. The molecule has 1 aromatic heterocycles. The van der Waals surface area contributed by atoms with Crippen LogP contribution >= 0.6 is 11.3 Å². The average Bonchev–Trinajstić information content (AvgIpc) is 2.83. The van der Waals surface area contributed by atoms with Crippen molar-refractivity contribution in [3.8, 4) is 27.7 Å². The second-order valence-corrected chi connectivity index (χ2v) is 4.89. The second-order valence-electron chi connectivity index (χ2n) is 3.65. The van der Waals surface area contributed by atoms with E-state index >= 15 is 0 Å². The number of hydrogen-bond donors (Lipinski definition) is 0. The molecule has 18 heavy (non-hydrogen) atoms. The molecule has 1 aromatic carbocycles. The van der Waals surface area contributed by atoms with Crippen LogP contribution in [0.3, 0.4) is 0 Å². The van der Waals surface area contributed by atoms with Crippen molar-refractivity contribution in [2.24, 2.45) is 0 Å². The number of rotatable bonds is 4. The summed E-state index contributed by atoms with van der Waals surface area (Å²) in [5.41, 5.74) is 0.909. The first-order valence-electron chi connectivity index (χ1n) is 5.42. The van der Waals surface area contributed by atoms with Gasteiger partial charge in [-0.3, -0.25) is 0 Å². The van der Waals surface area contributed by atoms with E-state index in [-0.39, 0.29) is 0 Å². The van der Waals surface area contributed by atoms with Crippen molar-refractivity contribution in [1.82, 2.24) is 4.98 Å². The van der Waals surface area contributed by atoms with E-state index in [4.69, 9.17) is 14.2 Å². The summed E-state index contributed by atoms with van der Waals surface area (Å²) in [7, 11) is 4.88. The number of ether oxygens (including phenoxy) is 3. The van der Waals surface area contributed by atoms with Gasteiger partial charge in [0.25, 0.3) is 0 Å². The van der Waals surface area contributed by atoms with Crippen LogP contribution < -0.4 is 14.2 Å². The molecule has 0 aliphatic carbocycles. The molecule has 0 bridgehead atoms. The Hall–Kier alpha value is -1.75. The van der Waals surface area contributed by atoms with E-state index in [1.54, 1.807) is 32.7 Å². The number of thiazole rings is 1. The zero-order chi connectivity index (χ0) is 13.1. The van der Waals surface area contributed by atoms with E-state index in [0.717, 1.165) is 26.9 Å². The number of aryl methyl sites for hydroxylation is 1. The number of hydrogen-bond acceptors (Lipinski definition) is 5. The molecular weight excluding hydrogens is 250 g/mol. The Kier molecular flexibility index (Phi) is 3.72. The second kappa shape index (κ2) is 5.27. The SMILES string of the molecule is COc1cc(OC)c(-c2cnc(C)s2)c(OC)c1. The summed E-state index contributed by atoms with van der Waals surface area (Å²) >= 11 is 1.60. The third-order valence-electron chi connectivity index (χ3n) is 2.58. The Bertz CT molecular complexity index is 526. The van der Waals surface area contributed by atoms with Crippen LogP contribution in [-0.4, -0.2) is 26.3 Å². The Morgan fingerprint density at radius 2 is 1.61 bits per heavy atom. The van der Waals surface area contributed by atoms with Crippen LogP contribution in [0, 0.1) is 6.92 Å². The summed E-state index contributed by atoms with van der Waals surface area (Å²) in [5, 5.41) is 1.00. The fourth-order valence-electron chi connectivity index (χ4n) is 1.73. The van der Waals surface area contributed by atoms with Crippen LogP contribution in [0.2, 0.25) is 0 Å². The van der Waals surface area contributed by atoms with Crippen molar-refractivity contribution in [3.05, 3.63) is 23.3 Å². The lowest BCUT2D eigenvalue weighted by Gasteiger charge is -2.13. The molecule has 0 spiro atoms. The highest BCUT2D eigenvalue weighted by Gasteiger charge is 2.16. The minimum absolute atomic E-state index is 0.702. The summed E-state index contributed by atoms with van der Waals surface area (Å²) in [5.74, 6) is 2.14. The average molecular weight is 265 g/mol. The van der Waals surface area contributed by atoms with E-state index in [2.05, 4.69) is 4.98 Å². The molecule has 0 N–H and O–H groups in total. The van der Waals surface area contributed by atoms with Gasteiger partial charge in [-0.1, -0.05) is 0 Å². The zero-order valence-electron chi connectivity index (χ0n) is 10.8. The smallest absolute Gasteiger partial charge is 0.135 e. The van der Waals surface area contributed by atoms with Crippen LogP contribution in [-0.2, 0) is 0 Å². The molecule has 0 saturated carbocycles. The van der Waals surface area contributed by atoms with Crippen molar-refractivity contribution in [3.63, 3.8) is 0 Å². The molecule has 0 fully saturated rings. The molecule has 0 aliphatic rings. The van der Waals surface area contributed by atoms with E-state index < -0.39 is 0 Å². The first-order chi connectivity index (χ1) is 8.69. The van der Waals surface area contributed by atoms with Gasteiger partial charge in [0, 0.05) is 18.3 Å². The maximum Gasteiger partial charge on any atom is 0.135 e. The molecule has 2 rings (SSSR count). The van der Waals surface area contributed by atoms with Gasteiger partial charge in [-0.25, -0.2) is 4.98 Å².